The number of hydrogen-bond donors (Lipinski definition) is 1. The first kappa shape index (κ1) is 13.5. The molecular formula is C17H24FN3. The van der Waals surface area contributed by atoms with E-state index in [4.69, 9.17) is 0 Å². The molecule has 1 N–H and O–H groups in total. The summed E-state index contributed by atoms with van der Waals surface area (Å²) in [4.78, 5) is 4.95. The second kappa shape index (κ2) is 5.58. The van der Waals surface area contributed by atoms with Crippen LogP contribution in [0.3, 0.4) is 0 Å². The largest absolute Gasteiger partial charge is 0.369 e. The van der Waals surface area contributed by atoms with Gasteiger partial charge in [0.1, 0.15) is 5.82 Å². The molecule has 2 atom stereocenters. The predicted molar refractivity (Wildman–Crippen MR) is 83.1 cm³/mol. The summed E-state index contributed by atoms with van der Waals surface area (Å²) in [5, 5.41) is 3.53. The van der Waals surface area contributed by atoms with Crippen LogP contribution in [0.2, 0.25) is 0 Å². The topological polar surface area (TPSA) is 18.5 Å². The molecule has 0 bridgehead atoms. The first-order valence-electron chi connectivity index (χ1n) is 8.29. The lowest BCUT2D eigenvalue weighted by Gasteiger charge is -2.40. The maximum Gasteiger partial charge on any atom is 0.146 e. The number of halogens is 1. The van der Waals surface area contributed by atoms with Gasteiger partial charge in [0, 0.05) is 31.7 Å². The summed E-state index contributed by atoms with van der Waals surface area (Å²) in [5.41, 5.74) is 0.776. The highest BCUT2D eigenvalue weighted by atomic mass is 19.1. The Labute approximate surface area is 126 Å². The Balaban J connectivity index is 1.40. The molecule has 114 valence electrons. The third-order valence-electron chi connectivity index (χ3n) is 5.61. The highest BCUT2D eigenvalue weighted by Crippen LogP contribution is 2.33. The van der Waals surface area contributed by atoms with Crippen LogP contribution in [0.4, 0.5) is 10.1 Å². The van der Waals surface area contributed by atoms with Crippen molar-refractivity contribution in [2.24, 2.45) is 5.92 Å². The van der Waals surface area contributed by atoms with Crippen molar-refractivity contribution in [3.8, 4) is 0 Å². The molecular weight excluding hydrogens is 265 g/mol. The SMILES string of the molecule is Fc1ccccc1N1CCC(N2CC[C@H]3CNC[C@H]32)CC1. The summed E-state index contributed by atoms with van der Waals surface area (Å²) in [6.45, 7) is 5.59. The van der Waals surface area contributed by atoms with Gasteiger partial charge in [-0.1, -0.05) is 12.1 Å². The summed E-state index contributed by atoms with van der Waals surface area (Å²) in [6.07, 6.45) is 3.68. The predicted octanol–water partition coefficient (Wildman–Crippen LogP) is 2.09. The van der Waals surface area contributed by atoms with Crippen molar-refractivity contribution in [2.75, 3.05) is 37.6 Å². The van der Waals surface area contributed by atoms with Gasteiger partial charge in [0.15, 0.2) is 0 Å². The first-order valence-corrected chi connectivity index (χ1v) is 8.29. The van der Waals surface area contributed by atoms with E-state index < -0.39 is 0 Å². The van der Waals surface area contributed by atoms with E-state index in [1.165, 1.54) is 19.5 Å². The van der Waals surface area contributed by atoms with Gasteiger partial charge in [0.2, 0.25) is 0 Å². The van der Waals surface area contributed by atoms with Crippen molar-refractivity contribution in [1.82, 2.24) is 10.2 Å². The van der Waals surface area contributed by atoms with Gasteiger partial charge >= 0.3 is 0 Å². The molecule has 0 aliphatic carbocycles. The van der Waals surface area contributed by atoms with Gasteiger partial charge in [-0.05, 0) is 50.4 Å². The fraction of sp³-hybridized carbons (Fsp3) is 0.647. The van der Waals surface area contributed by atoms with Crippen LogP contribution >= 0.6 is 0 Å². The van der Waals surface area contributed by atoms with E-state index >= 15 is 0 Å². The lowest BCUT2D eigenvalue weighted by Crippen LogP contribution is -2.48. The maximum absolute atomic E-state index is 13.9. The van der Waals surface area contributed by atoms with Crippen LogP contribution < -0.4 is 10.2 Å². The number of fused-ring (bicyclic) bond motifs is 1. The Bertz CT molecular complexity index is 499. The number of anilines is 1. The second-order valence-corrected chi connectivity index (χ2v) is 6.68. The summed E-state index contributed by atoms with van der Waals surface area (Å²) >= 11 is 0. The van der Waals surface area contributed by atoms with Crippen LogP contribution in [-0.2, 0) is 0 Å². The summed E-state index contributed by atoms with van der Waals surface area (Å²) in [6, 6.07) is 8.63. The number of hydrogen-bond acceptors (Lipinski definition) is 3. The van der Waals surface area contributed by atoms with Crippen molar-refractivity contribution in [3.05, 3.63) is 30.1 Å². The van der Waals surface area contributed by atoms with Gasteiger partial charge in [0.05, 0.1) is 5.69 Å². The number of benzene rings is 1. The quantitative estimate of drug-likeness (QED) is 0.899. The molecule has 3 aliphatic heterocycles. The average Bonchev–Trinajstić information content (AvgIpc) is 3.11. The fourth-order valence-corrected chi connectivity index (χ4v) is 4.48. The van der Waals surface area contributed by atoms with Crippen molar-refractivity contribution in [3.63, 3.8) is 0 Å². The van der Waals surface area contributed by atoms with E-state index in [1.807, 2.05) is 12.1 Å². The summed E-state index contributed by atoms with van der Waals surface area (Å²) in [5.74, 6) is 0.784. The molecule has 4 rings (SSSR count). The maximum atomic E-state index is 13.9. The second-order valence-electron chi connectivity index (χ2n) is 6.68. The summed E-state index contributed by atoms with van der Waals surface area (Å²) < 4.78 is 13.9. The molecule has 3 nitrogen and oxygen atoms in total. The lowest BCUT2D eigenvalue weighted by atomic mass is 10.00. The minimum absolute atomic E-state index is 0.0859. The molecule has 0 radical (unpaired) electrons. The molecule has 1 aromatic rings. The van der Waals surface area contributed by atoms with Crippen molar-refractivity contribution >= 4 is 5.69 Å². The van der Waals surface area contributed by atoms with E-state index in [0.717, 1.165) is 50.1 Å². The van der Waals surface area contributed by atoms with Crippen LogP contribution in [0.25, 0.3) is 0 Å². The van der Waals surface area contributed by atoms with Gasteiger partial charge in [-0.15, -0.1) is 0 Å². The Morgan fingerprint density at radius 3 is 2.62 bits per heavy atom. The normalized spacial score (nSPS) is 30.8. The van der Waals surface area contributed by atoms with Crippen molar-refractivity contribution in [1.29, 1.82) is 0 Å². The molecule has 0 unspecified atom stereocenters. The Morgan fingerprint density at radius 1 is 1.00 bits per heavy atom. The molecule has 0 amide bonds. The number of piperidine rings is 1. The number of nitrogens with one attached hydrogen (secondary N) is 1. The molecule has 1 aromatic carbocycles. The minimum atomic E-state index is -0.0859. The van der Waals surface area contributed by atoms with Gasteiger partial charge in [-0.3, -0.25) is 4.90 Å². The average molecular weight is 289 g/mol. The standard InChI is InChI=1S/C17H24FN3/c18-15-3-1-2-4-16(15)20-8-6-14(7-9-20)21-10-5-13-11-19-12-17(13)21/h1-4,13-14,17,19H,5-12H2/t13-,17+/m0/s1. The number of nitrogens with zero attached hydrogens (tertiary/aromatic N) is 2. The number of rotatable bonds is 2. The monoisotopic (exact) mass is 289 g/mol. The fourth-order valence-electron chi connectivity index (χ4n) is 4.48. The molecule has 21 heavy (non-hydrogen) atoms. The zero-order chi connectivity index (χ0) is 14.2. The Morgan fingerprint density at radius 2 is 1.81 bits per heavy atom. The van der Waals surface area contributed by atoms with Gasteiger partial charge in [-0.25, -0.2) is 4.39 Å². The van der Waals surface area contributed by atoms with Crippen LogP contribution in [-0.4, -0.2) is 49.7 Å². The van der Waals surface area contributed by atoms with E-state index in [1.54, 1.807) is 12.1 Å². The van der Waals surface area contributed by atoms with E-state index in [2.05, 4.69) is 15.1 Å². The van der Waals surface area contributed by atoms with Gasteiger partial charge < -0.3 is 10.2 Å². The van der Waals surface area contributed by atoms with Gasteiger partial charge in [0.25, 0.3) is 0 Å². The summed E-state index contributed by atoms with van der Waals surface area (Å²) in [7, 11) is 0. The van der Waals surface area contributed by atoms with E-state index in [0.29, 0.717) is 6.04 Å². The number of para-hydroxylation sites is 1. The molecule has 4 heteroatoms. The van der Waals surface area contributed by atoms with Crippen LogP contribution in [0.1, 0.15) is 19.3 Å². The van der Waals surface area contributed by atoms with E-state index in [9.17, 15) is 4.39 Å². The third-order valence-corrected chi connectivity index (χ3v) is 5.61. The molecule has 0 saturated carbocycles. The lowest BCUT2D eigenvalue weighted by molar-refractivity contribution is 0.153. The minimum Gasteiger partial charge on any atom is -0.369 e. The smallest absolute Gasteiger partial charge is 0.146 e. The Kier molecular flexibility index (Phi) is 3.59. The molecule has 0 spiro atoms. The van der Waals surface area contributed by atoms with Crippen LogP contribution in [0, 0.1) is 11.7 Å². The number of likely N-dealkylation sites (tertiary alicyclic amines) is 1. The van der Waals surface area contributed by atoms with E-state index in [-0.39, 0.29) is 5.82 Å². The zero-order valence-electron chi connectivity index (χ0n) is 12.5. The molecule has 3 fully saturated rings. The van der Waals surface area contributed by atoms with Crippen molar-refractivity contribution in [2.45, 2.75) is 31.3 Å². The Hall–Kier alpha value is -1.13. The van der Waals surface area contributed by atoms with Gasteiger partial charge in [-0.2, -0.15) is 0 Å². The highest BCUT2D eigenvalue weighted by molar-refractivity contribution is 5.47. The first-order chi connectivity index (χ1) is 10.3. The molecule has 3 saturated heterocycles. The molecule has 3 aliphatic rings. The van der Waals surface area contributed by atoms with Crippen molar-refractivity contribution < 1.29 is 4.39 Å². The third kappa shape index (κ3) is 2.44. The highest BCUT2D eigenvalue weighted by Gasteiger charge is 2.41. The van der Waals surface area contributed by atoms with Crippen LogP contribution in [0.5, 0.6) is 0 Å². The van der Waals surface area contributed by atoms with Crippen LogP contribution in [0.15, 0.2) is 24.3 Å². The molecule has 0 aromatic heterocycles. The molecule has 3 heterocycles. The zero-order valence-corrected chi connectivity index (χ0v) is 12.5.